The Morgan fingerprint density at radius 1 is 1.20 bits per heavy atom. The van der Waals surface area contributed by atoms with Gasteiger partial charge in [-0.15, -0.1) is 0 Å². The molecule has 1 aliphatic heterocycles. The van der Waals surface area contributed by atoms with Crippen molar-refractivity contribution in [2.75, 3.05) is 23.8 Å². The summed E-state index contributed by atoms with van der Waals surface area (Å²) in [5.74, 6) is 0.760. The van der Waals surface area contributed by atoms with E-state index in [-0.39, 0.29) is 6.03 Å². The van der Waals surface area contributed by atoms with E-state index in [0.717, 1.165) is 30.0 Å². The van der Waals surface area contributed by atoms with Crippen molar-refractivity contribution in [3.8, 4) is 17.0 Å². The van der Waals surface area contributed by atoms with Gasteiger partial charge in [0.2, 0.25) is 0 Å². The average Bonchev–Trinajstić information content (AvgIpc) is 3.40. The molecule has 1 atom stereocenters. The van der Waals surface area contributed by atoms with Crippen LogP contribution in [0, 0.1) is 0 Å². The molecule has 0 saturated carbocycles. The van der Waals surface area contributed by atoms with Gasteiger partial charge in [-0.05, 0) is 67.9 Å². The number of hydrogen-bond donors (Lipinski definition) is 3. The normalized spacial score (nSPS) is 15.7. The highest BCUT2D eigenvalue weighted by Crippen LogP contribution is 2.33. The number of nitrogens with one attached hydrogen (secondary N) is 3. The van der Waals surface area contributed by atoms with E-state index in [0.29, 0.717) is 29.0 Å². The minimum atomic E-state index is -0.336. The van der Waals surface area contributed by atoms with Gasteiger partial charge in [-0.25, -0.2) is 4.79 Å². The summed E-state index contributed by atoms with van der Waals surface area (Å²) in [6.45, 7) is 1.64. The largest absolute Gasteiger partial charge is 0.491 e. The molecule has 2 amide bonds. The molecule has 3 aromatic rings. The summed E-state index contributed by atoms with van der Waals surface area (Å²) in [5.41, 5.74) is 3.10. The van der Waals surface area contributed by atoms with Crippen LogP contribution in [0.3, 0.4) is 0 Å². The number of nitrogens with zero attached hydrogens (tertiary/aromatic N) is 2. The van der Waals surface area contributed by atoms with E-state index in [2.05, 4.69) is 21.0 Å². The second-order valence-corrected chi connectivity index (χ2v) is 7.68. The maximum Gasteiger partial charge on any atom is 0.323 e. The molecule has 0 bridgehead atoms. The maximum absolute atomic E-state index is 12.4. The van der Waals surface area contributed by atoms with Crippen LogP contribution in [0.15, 0.2) is 54.7 Å². The van der Waals surface area contributed by atoms with E-state index in [9.17, 15) is 4.79 Å². The summed E-state index contributed by atoms with van der Waals surface area (Å²) in [4.78, 5) is 12.4. The average molecular weight is 426 g/mol. The van der Waals surface area contributed by atoms with E-state index in [1.165, 1.54) is 6.42 Å². The summed E-state index contributed by atoms with van der Waals surface area (Å²) in [6, 6.07) is 14.5. The molecule has 1 fully saturated rings. The Hall–Kier alpha value is -3.03. The molecule has 2 aromatic carbocycles. The van der Waals surface area contributed by atoms with Gasteiger partial charge in [-0.3, -0.25) is 4.68 Å². The van der Waals surface area contributed by atoms with Crippen molar-refractivity contribution in [1.29, 1.82) is 0 Å². The van der Waals surface area contributed by atoms with Crippen molar-refractivity contribution < 1.29 is 9.53 Å². The third-order valence-corrected chi connectivity index (χ3v) is 5.29. The van der Waals surface area contributed by atoms with Crippen LogP contribution in [0.4, 0.5) is 16.2 Å². The van der Waals surface area contributed by atoms with Gasteiger partial charge in [0.15, 0.2) is 0 Å². The minimum Gasteiger partial charge on any atom is -0.491 e. The first-order valence-corrected chi connectivity index (χ1v) is 10.3. The zero-order valence-corrected chi connectivity index (χ0v) is 17.4. The molecule has 8 heteroatoms. The van der Waals surface area contributed by atoms with Crippen LogP contribution in [-0.4, -0.2) is 35.0 Å². The smallest absolute Gasteiger partial charge is 0.323 e. The maximum atomic E-state index is 12.4. The van der Waals surface area contributed by atoms with Crippen LogP contribution in [0.2, 0.25) is 5.02 Å². The number of amides is 2. The summed E-state index contributed by atoms with van der Waals surface area (Å²) in [6.07, 6.45) is 4.03. The molecule has 1 aromatic heterocycles. The lowest BCUT2D eigenvalue weighted by Gasteiger charge is -2.17. The Bertz CT molecular complexity index is 1010. The van der Waals surface area contributed by atoms with Crippen LogP contribution in [0.1, 0.15) is 12.8 Å². The topological polar surface area (TPSA) is 80.2 Å². The highest BCUT2D eigenvalue weighted by Gasteiger charge is 2.17. The lowest BCUT2D eigenvalue weighted by atomic mass is 10.1. The quantitative estimate of drug-likeness (QED) is 0.542. The lowest BCUT2D eigenvalue weighted by Crippen LogP contribution is -2.28. The number of carbonyl (C=O) groups is 1. The van der Waals surface area contributed by atoms with Gasteiger partial charge in [-0.1, -0.05) is 11.6 Å². The third kappa shape index (κ3) is 4.93. The number of hydrogen-bond acceptors (Lipinski definition) is 4. The Kier molecular flexibility index (Phi) is 6.21. The Morgan fingerprint density at radius 2 is 1.97 bits per heavy atom. The molecule has 7 nitrogen and oxygen atoms in total. The summed E-state index contributed by atoms with van der Waals surface area (Å²) >= 11 is 5.89. The molecule has 156 valence electrons. The van der Waals surface area contributed by atoms with Crippen LogP contribution in [0.25, 0.3) is 11.3 Å². The van der Waals surface area contributed by atoms with Crippen LogP contribution in [-0.2, 0) is 7.05 Å². The number of urea groups is 1. The van der Waals surface area contributed by atoms with Gasteiger partial charge < -0.3 is 20.7 Å². The predicted molar refractivity (Wildman–Crippen MR) is 119 cm³/mol. The number of benzene rings is 2. The number of anilines is 2. The van der Waals surface area contributed by atoms with Gasteiger partial charge >= 0.3 is 6.03 Å². The zero-order valence-electron chi connectivity index (χ0n) is 16.7. The van der Waals surface area contributed by atoms with Gasteiger partial charge in [0.1, 0.15) is 12.4 Å². The number of ether oxygens (including phenoxy) is 1. The first kappa shape index (κ1) is 20.3. The second kappa shape index (κ2) is 9.19. The first-order chi connectivity index (χ1) is 14.6. The lowest BCUT2D eigenvalue weighted by molar-refractivity contribution is 0.262. The van der Waals surface area contributed by atoms with Gasteiger partial charge in [0.25, 0.3) is 0 Å². The Labute approximate surface area is 180 Å². The van der Waals surface area contributed by atoms with Crippen molar-refractivity contribution in [2.24, 2.45) is 7.05 Å². The van der Waals surface area contributed by atoms with E-state index < -0.39 is 0 Å². The van der Waals surface area contributed by atoms with Crippen molar-refractivity contribution in [3.63, 3.8) is 0 Å². The predicted octanol–water partition coefficient (Wildman–Crippen LogP) is 4.52. The highest BCUT2D eigenvalue weighted by atomic mass is 35.5. The summed E-state index contributed by atoms with van der Waals surface area (Å²) in [5, 5.41) is 14.0. The Balaban J connectivity index is 1.51. The van der Waals surface area contributed by atoms with E-state index in [1.54, 1.807) is 35.1 Å². The minimum absolute atomic E-state index is 0.336. The fraction of sp³-hybridized carbons (Fsp3) is 0.273. The van der Waals surface area contributed by atoms with Gasteiger partial charge in [0, 0.05) is 41.2 Å². The monoisotopic (exact) mass is 425 g/mol. The fourth-order valence-corrected chi connectivity index (χ4v) is 3.61. The molecular formula is C22H24ClN5O2. The SMILES string of the molecule is Cn1nccc1-c1cc(NC(=O)Nc2ccc(Cl)cc2)ccc1OCC1CCCN1. The molecule has 0 aliphatic carbocycles. The molecule has 1 saturated heterocycles. The van der Waals surface area contributed by atoms with Crippen molar-refractivity contribution >= 4 is 29.0 Å². The molecule has 3 N–H and O–H groups in total. The Morgan fingerprint density at radius 3 is 2.67 bits per heavy atom. The van der Waals surface area contributed by atoms with Crippen molar-refractivity contribution in [2.45, 2.75) is 18.9 Å². The third-order valence-electron chi connectivity index (χ3n) is 5.04. The molecule has 1 unspecified atom stereocenters. The van der Waals surface area contributed by atoms with E-state index in [1.807, 2.05) is 31.3 Å². The van der Waals surface area contributed by atoms with Crippen LogP contribution < -0.4 is 20.7 Å². The van der Waals surface area contributed by atoms with Crippen molar-refractivity contribution in [3.05, 3.63) is 59.8 Å². The zero-order chi connectivity index (χ0) is 20.9. The van der Waals surface area contributed by atoms with E-state index >= 15 is 0 Å². The van der Waals surface area contributed by atoms with Gasteiger partial charge in [-0.2, -0.15) is 5.10 Å². The molecular weight excluding hydrogens is 402 g/mol. The number of aryl methyl sites for hydroxylation is 1. The number of aromatic nitrogens is 2. The van der Waals surface area contributed by atoms with Crippen molar-refractivity contribution in [1.82, 2.24) is 15.1 Å². The molecule has 0 radical (unpaired) electrons. The number of carbonyl (C=O) groups excluding carboxylic acids is 1. The number of rotatable bonds is 6. The fourth-order valence-electron chi connectivity index (χ4n) is 3.49. The van der Waals surface area contributed by atoms with E-state index in [4.69, 9.17) is 16.3 Å². The molecule has 0 spiro atoms. The summed E-state index contributed by atoms with van der Waals surface area (Å²) < 4.78 is 7.91. The standard InChI is InChI=1S/C22H24ClN5O2/c1-28-20(10-12-25-28)19-13-17(8-9-21(19)30-14-18-3-2-11-24-18)27-22(29)26-16-6-4-15(23)5-7-16/h4-10,12-13,18,24H,2-3,11,14H2,1H3,(H2,26,27,29). The first-order valence-electron chi connectivity index (χ1n) is 9.91. The van der Waals surface area contributed by atoms with Gasteiger partial charge in [0.05, 0.1) is 5.69 Å². The molecule has 30 heavy (non-hydrogen) atoms. The number of halogens is 1. The summed E-state index contributed by atoms with van der Waals surface area (Å²) in [7, 11) is 1.88. The molecule has 4 rings (SSSR count). The molecule has 2 heterocycles. The van der Waals surface area contributed by atoms with Crippen LogP contribution in [0.5, 0.6) is 5.75 Å². The highest BCUT2D eigenvalue weighted by molar-refractivity contribution is 6.30. The molecule has 1 aliphatic rings. The van der Waals surface area contributed by atoms with Crippen LogP contribution >= 0.6 is 11.6 Å². The second-order valence-electron chi connectivity index (χ2n) is 7.24.